The molecule has 13 nitrogen and oxygen atoms in total. The molecular formula is C34H43ClFN7O6. The van der Waals surface area contributed by atoms with Crippen molar-refractivity contribution in [2.45, 2.75) is 44.7 Å². The number of carbonyl (C=O) groups is 1. The van der Waals surface area contributed by atoms with Gasteiger partial charge in [0.25, 0.3) is 6.47 Å². The first-order valence-corrected chi connectivity index (χ1v) is 16.3. The summed E-state index contributed by atoms with van der Waals surface area (Å²) in [5, 5.41) is 15.5. The summed E-state index contributed by atoms with van der Waals surface area (Å²) in [6.45, 7) is 4.65. The van der Waals surface area contributed by atoms with E-state index in [1.807, 2.05) is 25.3 Å². The molecule has 1 aromatic carbocycles. The second kappa shape index (κ2) is 19.0. The highest BCUT2D eigenvalue weighted by molar-refractivity contribution is 6.33. The summed E-state index contributed by atoms with van der Waals surface area (Å²) in [5.41, 5.74) is 18.0. The fourth-order valence-electron chi connectivity index (χ4n) is 5.36. The Labute approximate surface area is 289 Å². The zero-order valence-corrected chi connectivity index (χ0v) is 28.4. The Bertz CT molecular complexity index is 1700. The maximum absolute atomic E-state index is 14.0. The number of hydrogen-bond donors (Lipinski definition) is 4. The van der Waals surface area contributed by atoms with Crippen molar-refractivity contribution >= 4 is 40.8 Å². The number of nitrogens with two attached hydrogens (primary N) is 2. The van der Waals surface area contributed by atoms with Gasteiger partial charge in [-0.05, 0) is 56.4 Å². The minimum absolute atomic E-state index is 0.169. The summed E-state index contributed by atoms with van der Waals surface area (Å²) in [6, 6.07) is 8.34. The van der Waals surface area contributed by atoms with Crippen LogP contribution in [0.5, 0.6) is 5.88 Å². The molecule has 5 rings (SSSR count). The van der Waals surface area contributed by atoms with Crippen LogP contribution >= 0.6 is 11.6 Å². The highest BCUT2D eigenvalue weighted by Gasteiger charge is 2.23. The topological polar surface area (TPSA) is 181 Å². The van der Waals surface area contributed by atoms with Crippen molar-refractivity contribution in [3.63, 3.8) is 0 Å². The van der Waals surface area contributed by atoms with Crippen molar-refractivity contribution in [2.75, 3.05) is 52.1 Å². The second-order valence-electron chi connectivity index (χ2n) is 11.3. The van der Waals surface area contributed by atoms with E-state index in [2.05, 4.69) is 20.4 Å². The van der Waals surface area contributed by atoms with Crippen molar-refractivity contribution < 1.29 is 33.2 Å². The number of anilines is 1. The Morgan fingerprint density at radius 1 is 1.10 bits per heavy atom. The molecule has 0 spiro atoms. The molecule has 3 aromatic heterocycles. The maximum atomic E-state index is 14.0. The SMILES string of the molecule is COCCOCCOCCOc1cc(C)c(-c2cc3c(N[C@H]4CC[C@H](N)CC4)c(C(N)=Nc4cc(F)ccc4Cl)cnn3c2)cn1.O=CO. The van der Waals surface area contributed by atoms with Gasteiger partial charge in [0.1, 0.15) is 18.3 Å². The lowest BCUT2D eigenvalue weighted by Crippen LogP contribution is -2.33. The average Bonchev–Trinajstić information content (AvgIpc) is 3.52. The van der Waals surface area contributed by atoms with E-state index in [-0.39, 0.29) is 30.1 Å². The number of fused-ring (bicyclic) bond motifs is 1. The molecule has 0 amide bonds. The molecule has 0 bridgehead atoms. The van der Waals surface area contributed by atoms with Gasteiger partial charge in [-0.3, -0.25) is 4.79 Å². The molecule has 264 valence electrons. The van der Waals surface area contributed by atoms with E-state index in [4.69, 9.17) is 51.9 Å². The predicted molar refractivity (Wildman–Crippen MR) is 187 cm³/mol. The number of ether oxygens (including phenoxy) is 4. The molecule has 0 saturated heterocycles. The number of aliphatic imine (C=N–C) groups is 1. The number of rotatable bonds is 15. The Kier molecular flexibility index (Phi) is 14.5. The average molecular weight is 700 g/mol. The molecule has 15 heteroatoms. The Morgan fingerprint density at radius 2 is 1.80 bits per heavy atom. The van der Waals surface area contributed by atoms with Gasteiger partial charge in [-0.25, -0.2) is 18.9 Å². The van der Waals surface area contributed by atoms with Gasteiger partial charge in [0.2, 0.25) is 5.88 Å². The molecule has 6 N–H and O–H groups in total. The maximum Gasteiger partial charge on any atom is 0.290 e. The third-order valence-electron chi connectivity index (χ3n) is 7.86. The summed E-state index contributed by atoms with van der Waals surface area (Å²) in [4.78, 5) is 17.4. The summed E-state index contributed by atoms with van der Waals surface area (Å²) >= 11 is 6.29. The van der Waals surface area contributed by atoms with Gasteiger partial charge >= 0.3 is 0 Å². The first-order chi connectivity index (χ1) is 23.7. The lowest BCUT2D eigenvalue weighted by molar-refractivity contribution is -0.122. The van der Waals surface area contributed by atoms with Crippen LogP contribution < -0.4 is 21.5 Å². The van der Waals surface area contributed by atoms with Crippen molar-refractivity contribution in [1.29, 1.82) is 0 Å². The van der Waals surface area contributed by atoms with Crippen LogP contribution in [-0.4, -0.2) is 90.8 Å². The van der Waals surface area contributed by atoms with Crippen LogP contribution in [0.2, 0.25) is 5.02 Å². The van der Waals surface area contributed by atoms with E-state index in [1.165, 1.54) is 18.2 Å². The number of aromatic nitrogens is 3. The lowest BCUT2D eigenvalue weighted by Gasteiger charge is -2.28. The van der Waals surface area contributed by atoms with E-state index in [9.17, 15) is 4.39 Å². The van der Waals surface area contributed by atoms with Crippen LogP contribution in [0, 0.1) is 12.7 Å². The number of amidine groups is 1. The molecule has 49 heavy (non-hydrogen) atoms. The van der Waals surface area contributed by atoms with Crippen LogP contribution in [-0.2, 0) is 19.0 Å². The quantitative estimate of drug-likeness (QED) is 0.0569. The molecule has 1 aliphatic rings. The number of halogens is 2. The minimum Gasteiger partial charge on any atom is -0.483 e. The summed E-state index contributed by atoms with van der Waals surface area (Å²) in [7, 11) is 1.64. The van der Waals surface area contributed by atoms with Gasteiger partial charge in [0.05, 0.1) is 66.7 Å². The monoisotopic (exact) mass is 699 g/mol. The van der Waals surface area contributed by atoms with E-state index >= 15 is 0 Å². The van der Waals surface area contributed by atoms with Gasteiger partial charge in [-0.15, -0.1) is 0 Å². The van der Waals surface area contributed by atoms with Gasteiger partial charge in [0.15, 0.2) is 0 Å². The highest BCUT2D eigenvalue weighted by Crippen LogP contribution is 2.33. The zero-order chi connectivity index (χ0) is 35.2. The fraction of sp³-hybridized carbons (Fsp3) is 0.412. The van der Waals surface area contributed by atoms with Crippen LogP contribution in [0.15, 0.2) is 53.9 Å². The number of aryl methyl sites for hydroxylation is 1. The van der Waals surface area contributed by atoms with E-state index in [1.54, 1.807) is 24.0 Å². The van der Waals surface area contributed by atoms with E-state index in [0.29, 0.717) is 56.1 Å². The van der Waals surface area contributed by atoms with Crippen LogP contribution in [0.1, 0.15) is 36.8 Å². The Balaban J connectivity index is 0.00000174. The number of pyridine rings is 1. The smallest absolute Gasteiger partial charge is 0.290 e. The number of nitrogens with one attached hydrogen (secondary N) is 1. The first kappa shape index (κ1) is 37.5. The third-order valence-corrected chi connectivity index (χ3v) is 8.18. The lowest BCUT2D eigenvalue weighted by atomic mass is 9.91. The standard InChI is InChI=1S/C33H41ClFN7O4.CH2O2/c1-21-15-31(46-14-13-45-12-11-44-10-9-43-2)38-18-26(21)22-16-30-32(40-25-6-4-24(36)5-7-25)27(19-39-42(30)20-22)33(37)41-29-17-23(35)3-8-28(29)34;2-1-3/h3,8,15-20,24-25,40H,4-7,9-14,36H2,1-2H3,(H2,37,41);1H,(H,2,3)/t24-,25-;. The predicted octanol–water partition coefficient (Wildman–Crippen LogP) is 4.98. The molecule has 0 aliphatic heterocycles. The minimum atomic E-state index is -0.453. The van der Waals surface area contributed by atoms with Crippen molar-refractivity contribution in [1.82, 2.24) is 14.6 Å². The molecule has 1 aliphatic carbocycles. The number of methoxy groups -OCH3 is 1. The molecule has 1 saturated carbocycles. The summed E-state index contributed by atoms with van der Waals surface area (Å²) in [6.07, 6.45) is 9.11. The second-order valence-corrected chi connectivity index (χ2v) is 11.8. The number of benzene rings is 1. The normalized spacial score (nSPS) is 16.2. The van der Waals surface area contributed by atoms with Crippen molar-refractivity contribution in [3.05, 3.63) is 70.9 Å². The highest BCUT2D eigenvalue weighted by atomic mass is 35.5. The van der Waals surface area contributed by atoms with Gasteiger partial charge in [-0.1, -0.05) is 11.6 Å². The molecule has 0 radical (unpaired) electrons. The Hall–Kier alpha value is -4.34. The number of nitrogens with zero attached hydrogens (tertiary/aromatic N) is 4. The number of hydrogen-bond acceptors (Lipinski definition) is 10. The van der Waals surface area contributed by atoms with Crippen LogP contribution in [0.3, 0.4) is 0 Å². The van der Waals surface area contributed by atoms with Gasteiger partial charge < -0.3 is 40.8 Å². The fourth-order valence-corrected chi connectivity index (χ4v) is 5.52. The van der Waals surface area contributed by atoms with Crippen molar-refractivity contribution in [3.8, 4) is 17.0 Å². The van der Waals surface area contributed by atoms with Crippen LogP contribution in [0.25, 0.3) is 16.6 Å². The summed E-state index contributed by atoms with van der Waals surface area (Å²) < 4.78 is 37.5. The van der Waals surface area contributed by atoms with E-state index < -0.39 is 5.82 Å². The molecule has 0 atom stereocenters. The largest absolute Gasteiger partial charge is 0.483 e. The zero-order valence-electron chi connectivity index (χ0n) is 27.6. The molecule has 0 unspecified atom stereocenters. The summed E-state index contributed by atoms with van der Waals surface area (Å²) in [5.74, 6) is 0.233. The van der Waals surface area contributed by atoms with Gasteiger partial charge in [-0.2, -0.15) is 5.10 Å². The van der Waals surface area contributed by atoms with Crippen molar-refractivity contribution in [2.24, 2.45) is 16.5 Å². The van der Waals surface area contributed by atoms with E-state index in [0.717, 1.165) is 53.6 Å². The Morgan fingerprint density at radius 3 is 2.49 bits per heavy atom. The molecule has 4 aromatic rings. The first-order valence-electron chi connectivity index (χ1n) is 15.9. The molecule has 3 heterocycles. The van der Waals surface area contributed by atoms with Gasteiger partial charge in [0, 0.05) is 54.8 Å². The molecular weight excluding hydrogens is 657 g/mol. The van der Waals surface area contributed by atoms with Crippen LogP contribution in [0.4, 0.5) is 15.8 Å². The third kappa shape index (κ3) is 10.8. The molecule has 1 fully saturated rings. The number of carboxylic acid groups (broad SMARTS) is 1.